The van der Waals surface area contributed by atoms with Crippen molar-refractivity contribution in [3.63, 3.8) is 0 Å². The SMILES string of the molecule is CC(NC(=O)N1CCN(c2ccccc2)CC1)C(=O)N1CCCC1. The number of rotatable bonds is 3. The molecule has 3 amide bonds. The number of piperazine rings is 1. The molecule has 0 spiro atoms. The minimum Gasteiger partial charge on any atom is -0.368 e. The van der Waals surface area contributed by atoms with Gasteiger partial charge in [-0.3, -0.25) is 4.79 Å². The van der Waals surface area contributed by atoms with Gasteiger partial charge in [0.25, 0.3) is 0 Å². The lowest BCUT2D eigenvalue weighted by atomic mass is 10.2. The van der Waals surface area contributed by atoms with E-state index in [0.717, 1.165) is 39.0 Å². The Bertz CT molecular complexity index is 564. The first kappa shape index (κ1) is 16.6. The number of hydrogen-bond acceptors (Lipinski definition) is 3. The van der Waals surface area contributed by atoms with Gasteiger partial charge in [0, 0.05) is 45.0 Å². The van der Waals surface area contributed by atoms with E-state index in [4.69, 9.17) is 0 Å². The Morgan fingerprint density at radius 3 is 2.17 bits per heavy atom. The fraction of sp³-hybridized carbons (Fsp3) is 0.556. The molecule has 0 aliphatic carbocycles. The molecule has 0 saturated carbocycles. The van der Waals surface area contributed by atoms with E-state index in [-0.39, 0.29) is 11.9 Å². The number of urea groups is 1. The van der Waals surface area contributed by atoms with E-state index in [1.54, 1.807) is 11.8 Å². The zero-order chi connectivity index (χ0) is 16.9. The van der Waals surface area contributed by atoms with Gasteiger partial charge < -0.3 is 20.0 Å². The highest BCUT2D eigenvalue weighted by Gasteiger charge is 2.27. The number of hydrogen-bond donors (Lipinski definition) is 1. The zero-order valence-electron chi connectivity index (χ0n) is 14.3. The summed E-state index contributed by atoms with van der Waals surface area (Å²) in [7, 11) is 0. The van der Waals surface area contributed by atoms with Gasteiger partial charge >= 0.3 is 6.03 Å². The zero-order valence-corrected chi connectivity index (χ0v) is 14.3. The fourth-order valence-electron chi connectivity index (χ4n) is 3.36. The molecule has 6 heteroatoms. The highest BCUT2D eigenvalue weighted by molar-refractivity contribution is 5.87. The Hall–Kier alpha value is -2.24. The Kier molecular flexibility index (Phi) is 5.23. The van der Waals surface area contributed by atoms with Crippen LogP contribution >= 0.6 is 0 Å². The quantitative estimate of drug-likeness (QED) is 0.914. The van der Waals surface area contributed by atoms with E-state index >= 15 is 0 Å². The molecule has 2 fully saturated rings. The minimum absolute atomic E-state index is 0.0313. The van der Waals surface area contributed by atoms with Gasteiger partial charge in [0.05, 0.1) is 0 Å². The van der Waals surface area contributed by atoms with Gasteiger partial charge in [0.15, 0.2) is 0 Å². The van der Waals surface area contributed by atoms with E-state index in [1.165, 1.54) is 5.69 Å². The molecule has 130 valence electrons. The summed E-state index contributed by atoms with van der Waals surface area (Å²) in [6.45, 7) is 6.37. The molecule has 6 nitrogen and oxygen atoms in total. The number of likely N-dealkylation sites (tertiary alicyclic amines) is 1. The van der Waals surface area contributed by atoms with Gasteiger partial charge in [-0.2, -0.15) is 0 Å². The molecule has 1 aromatic rings. The van der Waals surface area contributed by atoms with Crippen molar-refractivity contribution >= 4 is 17.6 Å². The van der Waals surface area contributed by atoms with Crippen molar-refractivity contribution < 1.29 is 9.59 Å². The molecule has 0 radical (unpaired) electrons. The number of carbonyl (C=O) groups excluding carboxylic acids is 2. The van der Waals surface area contributed by atoms with Crippen LogP contribution < -0.4 is 10.2 Å². The highest BCUT2D eigenvalue weighted by atomic mass is 16.2. The van der Waals surface area contributed by atoms with E-state index in [9.17, 15) is 9.59 Å². The summed E-state index contributed by atoms with van der Waals surface area (Å²) >= 11 is 0. The molecule has 3 rings (SSSR count). The van der Waals surface area contributed by atoms with Crippen molar-refractivity contribution in [2.45, 2.75) is 25.8 Å². The Balaban J connectivity index is 1.47. The maximum atomic E-state index is 12.4. The van der Waals surface area contributed by atoms with Crippen LogP contribution in [0.4, 0.5) is 10.5 Å². The van der Waals surface area contributed by atoms with E-state index < -0.39 is 6.04 Å². The minimum atomic E-state index is -0.456. The smallest absolute Gasteiger partial charge is 0.318 e. The molecule has 1 atom stereocenters. The summed E-state index contributed by atoms with van der Waals surface area (Å²) < 4.78 is 0. The summed E-state index contributed by atoms with van der Waals surface area (Å²) in [6, 6.07) is 9.65. The molecule has 2 aliphatic heterocycles. The predicted octanol–water partition coefficient (Wildman–Crippen LogP) is 1.53. The summed E-state index contributed by atoms with van der Waals surface area (Å²) in [5.74, 6) is 0.0313. The van der Waals surface area contributed by atoms with Gasteiger partial charge in [0.1, 0.15) is 6.04 Å². The number of benzene rings is 1. The lowest BCUT2D eigenvalue weighted by Gasteiger charge is -2.36. The fourth-order valence-corrected chi connectivity index (χ4v) is 3.36. The third kappa shape index (κ3) is 3.80. The summed E-state index contributed by atoms with van der Waals surface area (Å²) in [4.78, 5) is 30.6. The molecule has 2 saturated heterocycles. The average Bonchev–Trinajstić information content (AvgIpc) is 3.16. The molecule has 0 bridgehead atoms. The van der Waals surface area contributed by atoms with Crippen LogP contribution in [0.5, 0.6) is 0 Å². The predicted molar refractivity (Wildman–Crippen MR) is 94.0 cm³/mol. The Morgan fingerprint density at radius 1 is 0.917 bits per heavy atom. The number of carbonyl (C=O) groups is 2. The molecule has 0 aromatic heterocycles. The van der Waals surface area contributed by atoms with Crippen LogP contribution in [0.2, 0.25) is 0 Å². The number of nitrogens with one attached hydrogen (secondary N) is 1. The molecule has 1 N–H and O–H groups in total. The summed E-state index contributed by atoms with van der Waals surface area (Å²) in [6.07, 6.45) is 2.13. The standard InChI is InChI=1S/C18H26N4O2/c1-15(17(23)21-9-5-6-10-21)19-18(24)22-13-11-20(12-14-22)16-7-3-2-4-8-16/h2-4,7-8,15H,5-6,9-14H2,1H3,(H,19,24). The van der Waals surface area contributed by atoms with Crippen molar-refractivity contribution in [3.8, 4) is 0 Å². The van der Waals surface area contributed by atoms with Crippen molar-refractivity contribution in [2.75, 3.05) is 44.2 Å². The van der Waals surface area contributed by atoms with Crippen LogP contribution in [0, 0.1) is 0 Å². The topological polar surface area (TPSA) is 55.9 Å². The molecule has 24 heavy (non-hydrogen) atoms. The van der Waals surface area contributed by atoms with Crippen LogP contribution in [0.15, 0.2) is 30.3 Å². The van der Waals surface area contributed by atoms with E-state index in [1.807, 2.05) is 23.1 Å². The number of para-hydroxylation sites is 1. The van der Waals surface area contributed by atoms with Crippen LogP contribution in [0.25, 0.3) is 0 Å². The second-order valence-corrected chi connectivity index (χ2v) is 6.51. The largest absolute Gasteiger partial charge is 0.368 e. The second kappa shape index (κ2) is 7.55. The lowest BCUT2D eigenvalue weighted by molar-refractivity contribution is -0.131. The molecule has 1 unspecified atom stereocenters. The van der Waals surface area contributed by atoms with Gasteiger partial charge in [-0.05, 0) is 31.9 Å². The molecule has 2 heterocycles. The van der Waals surface area contributed by atoms with Gasteiger partial charge in [-0.25, -0.2) is 4.79 Å². The number of nitrogens with zero attached hydrogens (tertiary/aromatic N) is 3. The van der Waals surface area contributed by atoms with E-state index in [2.05, 4.69) is 22.3 Å². The normalized spacial score (nSPS) is 19.3. The van der Waals surface area contributed by atoms with Crippen LogP contribution in [-0.4, -0.2) is 67.0 Å². The van der Waals surface area contributed by atoms with E-state index in [0.29, 0.717) is 13.1 Å². The Labute approximate surface area is 143 Å². The number of anilines is 1. The third-order valence-electron chi connectivity index (χ3n) is 4.82. The van der Waals surface area contributed by atoms with Gasteiger partial charge in [0.2, 0.25) is 5.91 Å². The van der Waals surface area contributed by atoms with Crippen molar-refractivity contribution in [1.29, 1.82) is 0 Å². The first-order valence-corrected chi connectivity index (χ1v) is 8.79. The highest BCUT2D eigenvalue weighted by Crippen LogP contribution is 2.15. The maximum Gasteiger partial charge on any atom is 0.318 e. The van der Waals surface area contributed by atoms with Crippen LogP contribution in [-0.2, 0) is 4.79 Å². The molecular weight excluding hydrogens is 304 g/mol. The lowest BCUT2D eigenvalue weighted by Crippen LogP contribution is -2.55. The summed E-state index contributed by atoms with van der Waals surface area (Å²) in [5.41, 5.74) is 1.19. The number of amides is 3. The summed E-state index contributed by atoms with van der Waals surface area (Å²) in [5, 5.41) is 2.86. The molecule has 2 aliphatic rings. The maximum absolute atomic E-state index is 12.4. The van der Waals surface area contributed by atoms with Crippen molar-refractivity contribution in [2.24, 2.45) is 0 Å². The monoisotopic (exact) mass is 330 g/mol. The van der Waals surface area contributed by atoms with Crippen LogP contribution in [0.3, 0.4) is 0 Å². The molecular formula is C18H26N4O2. The first-order valence-electron chi connectivity index (χ1n) is 8.79. The second-order valence-electron chi connectivity index (χ2n) is 6.51. The Morgan fingerprint density at radius 2 is 1.54 bits per heavy atom. The first-order chi connectivity index (χ1) is 11.6. The average molecular weight is 330 g/mol. The molecule has 1 aromatic carbocycles. The van der Waals surface area contributed by atoms with Gasteiger partial charge in [-0.1, -0.05) is 18.2 Å². The van der Waals surface area contributed by atoms with Crippen molar-refractivity contribution in [3.05, 3.63) is 30.3 Å². The van der Waals surface area contributed by atoms with Gasteiger partial charge in [-0.15, -0.1) is 0 Å². The third-order valence-corrected chi connectivity index (χ3v) is 4.82. The van der Waals surface area contributed by atoms with Crippen molar-refractivity contribution in [1.82, 2.24) is 15.1 Å². The van der Waals surface area contributed by atoms with Crippen LogP contribution in [0.1, 0.15) is 19.8 Å².